The number of aromatic nitrogens is 3. The van der Waals surface area contributed by atoms with Crippen molar-refractivity contribution >= 4 is 17.4 Å². The van der Waals surface area contributed by atoms with Crippen LogP contribution in [0.3, 0.4) is 0 Å². The van der Waals surface area contributed by atoms with Crippen LogP contribution in [0.4, 0.5) is 10.2 Å². The van der Waals surface area contributed by atoms with Gasteiger partial charge in [0.2, 0.25) is 0 Å². The minimum absolute atomic E-state index is 0.103. The molecule has 0 unspecified atom stereocenters. The summed E-state index contributed by atoms with van der Waals surface area (Å²) in [7, 11) is 0. The number of hydrogen-bond acceptors (Lipinski definition) is 3. The predicted octanol–water partition coefficient (Wildman–Crippen LogP) is 1.70. The van der Waals surface area contributed by atoms with Crippen LogP contribution < -0.4 is 5.73 Å². The van der Waals surface area contributed by atoms with E-state index in [1.807, 2.05) is 0 Å². The van der Waals surface area contributed by atoms with Gasteiger partial charge in [-0.1, -0.05) is 17.7 Å². The summed E-state index contributed by atoms with van der Waals surface area (Å²) >= 11 is 5.55. The molecule has 1 aromatic heterocycles. The van der Waals surface area contributed by atoms with E-state index in [-0.39, 0.29) is 5.02 Å². The Balaban J connectivity index is 2.21. The molecule has 4 nitrogen and oxygen atoms in total. The van der Waals surface area contributed by atoms with Crippen molar-refractivity contribution in [3.05, 3.63) is 40.8 Å². The summed E-state index contributed by atoms with van der Waals surface area (Å²) in [6.45, 7) is 0.366. The molecule has 0 aliphatic carbocycles. The second-order valence-electron chi connectivity index (χ2n) is 3.05. The first-order chi connectivity index (χ1) is 7.15. The Labute approximate surface area is 90.5 Å². The zero-order valence-corrected chi connectivity index (χ0v) is 8.45. The Hall–Kier alpha value is -1.62. The van der Waals surface area contributed by atoms with Crippen LogP contribution in [-0.4, -0.2) is 15.0 Å². The fourth-order valence-corrected chi connectivity index (χ4v) is 1.31. The summed E-state index contributed by atoms with van der Waals surface area (Å²) in [6.07, 6.45) is 1.44. The molecule has 1 aromatic carbocycles. The minimum atomic E-state index is -0.450. The van der Waals surface area contributed by atoms with E-state index < -0.39 is 5.82 Å². The van der Waals surface area contributed by atoms with Gasteiger partial charge in [0.05, 0.1) is 17.8 Å². The second-order valence-corrected chi connectivity index (χ2v) is 3.46. The molecule has 15 heavy (non-hydrogen) atoms. The first-order valence-corrected chi connectivity index (χ1v) is 4.62. The van der Waals surface area contributed by atoms with Crippen molar-refractivity contribution < 1.29 is 4.39 Å². The second kappa shape index (κ2) is 3.86. The van der Waals surface area contributed by atoms with Crippen LogP contribution in [0.1, 0.15) is 5.56 Å². The Bertz CT molecular complexity index is 483. The van der Waals surface area contributed by atoms with E-state index in [0.29, 0.717) is 12.4 Å². The maximum Gasteiger partial charge on any atom is 0.165 e. The number of benzene rings is 1. The van der Waals surface area contributed by atoms with Gasteiger partial charge in [0, 0.05) is 0 Å². The third kappa shape index (κ3) is 2.24. The lowest BCUT2D eigenvalue weighted by Gasteiger charge is -2.01. The molecule has 0 aliphatic rings. The van der Waals surface area contributed by atoms with Crippen LogP contribution in [0.5, 0.6) is 0 Å². The molecule has 0 saturated carbocycles. The van der Waals surface area contributed by atoms with Crippen LogP contribution in [0.25, 0.3) is 0 Å². The number of hydrogen-bond donors (Lipinski definition) is 1. The van der Waals surface area contributed by atoms with E-state index in [1.54, 1.807) is 6.07 Å². The summed E-state index contributed by atoms with van der Waals surface area (Å²) in [5.41, 5.74) is 6.13. The number of nitrogens with two attached hydrogens (primary N) is 1. The van der Waals surface area contributed by atoms with Crippen LogP contribution >= 0.6 is 11.6 Å². The number of halogens is 2. The van der Waals surface area contributed by atoms with Gasteiger partial charge >= 0.3 is 0 Å². The van der Waals surface area contributed by atoms with Crippen molar-refractivity contribution in [3.63, 3.8) is 0 Å². The zero-order chi connectivity index (χ0) is 10.8. The van der Waals surface area contributed by atoms with Crippen LogP contribution in [0, 0.1) is 5.82 Å². The first kappa shape index (κ1) is 9.92. The van der Waals surface area contributed by atoms with Crippen molar-refractivity contribution in [2.45, 2.75) is 6.54 Å². The lowest BCUT2D eigenvalue weighted by Crippen LogP contribution is -2.04. The number of anilines is 1. The van der Waals surface area contributed by atoms with E-state index in [2.05, 4.69) is 10.2 Å². The molecule has 0 amide bonds. The highest BCUT2D eigenvalue weighted by Crippen LogP contribution is 2.15. The van der Waals surface area contributed by atoms with Gasteiger partial charge in [0.15, 0.2) is 5.82 Å². The maximum atomic E-state index is 13.1. The number of rotatable bonds is 2. The highest BCUT2D eigenvalue weighted by Gasteiger charge is 2.03. The Morgan fingerprint density at radius 2 is 2.27 bits per heavy atom. The molecule has 2 aromatic rings. The largest absolute Gasteiger partial charge is 0.381 e. The smallest absolute Gasteiger partial charge is 0.165 e. The molecule has 78 valence electrons. The highest BCUT2D eigenvalue weighted by atomic mass is 35.5. The fraction of sp³-hybridized carbons (Fsp3) is 0.111. The van der Waals surface area contributed by atoms with Crippen molar-refractivity contribution in [1.29, 1.82) is 0 Å². The normalized spacial score (nSPS) is 10.5. The fourth-order valence-electron chi connectivity index (χ4n) is 1.19. The lowest BCUT2D eigenvalue weighted by atomic mass is 10.2. The number of nitrogens with zero attached hydrogens (tertiary/aromatic N) is 3. The third-order valence-electron chi connectivity index (χ3n) is 1.86. The Morgan fingerprint density at radius 3 is 2.87 bits per heavy atom. The quantitative estimate of drug-likeness (QED) is 0.848. The summed E-state index contributed by atoms with van der Waals surface area (Å²) in [4.78, 5) is 1.39. The van der Waals surface area contributed by atoms with E-state index in [1.165, 1.54) is 23.1 Å². The van der Waals surface area contributed by atoms with Crippen LogP contribution in [0.2, 0.25) is 5.02 Å². The zero-order valence-electron chi connectivity index (χ0n) is 7.69. The molecule has 0 saturated heterocycles. The molecule has 6 heteroatoms. The van der Waals surface area contributed by atoms with Crippen molar-refractivity contribution in [2.24, 2.45) is 0 Å². The lowest BCUT2D eigenvalue weighted by molar-refractivity contribution is 0.584. The van der Waals surface area contributed by atoms with Crippen LogP contribution in [0.15, 0.2) is 24.4 Å². The van der Waals surface area contributed by atoms with Crippen molar-refractivity contribution in [1.82, 2.24) is 15.0 Å². The Kier molecular flexibility index (Phi) is 2.55. The van der Waals surface area contributed by atoms with Gasteiger partial charge in [0.1, 0.15) is 5.82 Å². The highest BCUT2D eigenvalue weighted by molar-refractivity contribution is 6.30. The molecule has 0 atom stereocenters. The molecular weight excluding hydrogens is 219 g/mol. The SMILES string of the molecule is Nc1cnn(Cc2ccc(Cl)c(F)c2)n1. The molecule has 2 rings (SSSR count). The summed E-state index contributed by atoms with van der Waals surface area (Å²) in [5, 5.41) is 7.88. The van der Waals surface area contributed by atoms with Gasteiger partial charge in [-0.25, -0.2) is 4.39 Å². The van der Waals surface area contributed by atoms with E-state index >= 15 is 0 Å². The van der Waals surface area contributed by atoms with Gasteiger partial charge in [-0.05, 0) is 17.7 Å². The van der Waals surface area contributed by atoms with Gasteiger partial charge in [0.25, 0.3) is 0 Å². The van der Waals surface area contributed by atoms with Gasteiger partial charge < -0.3 is 5.73 Å². The van der Waals surface area contributed by atoms with E-state index in [4.69, 9.17) is 17.3 Å². The topological polar surface area (TPSA) is 56.7 Å². The summed E-state index contributed by atoms with van der Waals surface area (Å²) in [5.74, 6) is -0.112. The molecule has 1 heterocycles. The van der Waals surface area contributed by atoms with E-state index in [9.17, 15) is 4.39 Å². The predicted molar refractivity (Wildman–Crippen MR) is 54.9 cm³/mol. The molecule has 0 fully saturated rings. The van der Waals surface area contributed by atoms with Gasteiger partial charge in [-0.2, -0.15) is 9.90 Å². The van der Waals surface area contributed by atoms with Crippen LogP contribution in [-0.2, 0) is 6.54 Å². The molecule has 0 bridgehead atoms. The molecule has 0 aliphatic heterocycles. The molecule has 0 spiro atoms. The van der Waals surface area contributed by atoms with Crippen molar-refractivity contribution in [2.75, 3.05) is 5.73 Å². The minimum Gasteiger partial charge on any atom is -0.381 e. The average Bonchev–Trinajstić information content (AvgIpc) is 2.58. The average molecular weight is 227 g/mol. The number of nitrogen functional groups attached to an aromatic ring is 1. The summed E-state index contributed by atoms with van der Waals surface area (Å²) in [6, 6.07) is 4.56. The van der Waals surface area contributed by atoms with E-state index in [0.717, 1.165) is 5.56 Å². The Morgan fingerprint density at radius 1 is 1.47 bits per heavy atom. The third-order valence-corrected chi connectivity index (χ3v) is 2.17. The monoisotopic (exact) mass is 226 g/mol. The molecule has 0 radical (unpaired) electrons. The van der Waals surface area contributed by atoms with Gasteiger partial charge in [-0.15, -0.1) is 5.10 Å². The first-order valence-electron chi connectivity index (χ1n) is 4.24. The standard InChI is InChI=1S/C9H8ClFN4/c10-7-2-1-6(3-8(7)11)5-15-13-4-9(12)14-15/h1-4H,5H2,(H2,12,14). The maximum absolute atomic E-state index is 13.1. The van der Waals surface area contributed by atoms with Gasteiger partial charge in [-0.3, -0.25) is 0 Å². The van der Waals surface area contributed by atoms with Crippen molar-refractivity contribution in [3.8, 4) is 0 Å². The molecule has 2 N–H and O–H groups in total. The molecular formula is C9H8ClFN4. The summed E-state index contributed by atoms with van der Waals surface area (Å²) < 4.78 is 13.1.